The van der Waals surface area contributed by atoms with Gasteiger partial charge in [-0.05, 0) is 13.0 Å². The molecule has 0 amide bonds. The molecule has 0 heterocycles. The molecule has 0 aliphatic heterocycles. The zero-order valence-corrected chi connectivity index (χ0v) is 8.02. The summed E-state index contributed by atoms with van der Waals surface area (Å²) >= 11 is 11.0. The van der Waals surface area contributed by atoms with Gasteiger partial charge in [-0.1, -0.05) is 18.2 Å². The molecule has 0 saturated carbocycles. The second-order valence-corrected chi connectivity index (χ2v) is 3.02. The van der Waals surface area contributed by atoms with Gasteiger partial charge in [-0.2, -0.15) is 0 Å². The Morgan fingerprint density at radius 1 is 1.64 bits per heavy atom. The van der Waals surface area contributed by atoms with Crippen molar-refractivity contribution in [2.75, 3.05) is 7.05 Å². The topological polar surface area (TPSA) is 15.6 Å². The molecule has 4 heteroatoms. The maximum absolute atomic E-state index is 5.50. The van der Waals surface area contributed by atoms with Crippen LogP contribution in [0, 0.1) is 0 Å². The second kappa shape index (κ2) is 5.22. The second-order valence-electron chi connectivity index (χ2n) is 2.00. The summed E-state index contributed by atoms with van der Waals surface area (Å²) in [6.45, 7) is 5.30. The molecule has 0 aliphatic rings. The molecule has 2 nitrogen and oxygen atoms in total. The van der Waals surface area contributed by atoms with Crippen LogP contribution in [0.2, 0.25) is 0 Å². The van der Waals surface area contributed by atoms with Gasteiger partial charge in [0.25, 0.3) is 0 Å². The average Bonchev–Trinajstić information content (AvgIpc) is 1.82. The van der Waals surface area contributed by atoms with E-state index >= 15 is 0 Å². The number of aliphatic imine (C=N–C) groups is 1. The molecule has 0 rings (SSSR count). The lowest BCUT2D eigenvalue weighted by molar-refractivity contribution is 0.845. The minimum atomic E-state index is 0.455. The standard InChI is InChI=1S/C7H10Cl2N2/c1-6(8)4-7(2)10-5-11(3)9/h4-5H,1H2,2-3H3/b7-4+,10-5?. The number of hydrogen-bond acceptors (Lipinski definition) is 1. The average molecular weight is 193 g/mol. The van der Waals surface area contributed by atoms with Crippen molar-refractivity contribution in [3.05, 3.63) is 23.4 Å². The predicted octanol–water partition coefficient (Wildman–Crippen LogP) is 2.76. The van der Waals surface area contributed by atoms with Crippen LogP contribution in [0.3, 0.4) is 0 Å². The van der Waals surface area contributed by atoms with E-state index in [4.69, 9.17) is 23.4 Å². The van der Waals surface area contributed by atoms with E-state index in [1.807, 2.05) is 6.92 Å². The predicted molar refractivity (Wildman–Crippen MR) is 50.9 cm³/mol. The number of nitrogens with zero attached hydrogens (tertiary/aromatic N) is 2. The molecule has 62 valence electrons. The highest BCUT2D eigenvalue weighted by Crippen LogP contribution is 2.04. The lowest BCUT2D eigenvalue weighted by Crippen LogP contribution is -1.99. The molecule has 0 aliphatic carbocycles. The van der Waals surface area contributed by atoms with Crippen molar-refractivity contribution in [3.8, 4) is 0 Å². The third-order valence-electron chi connectivity index (χ3n) is 0.786. The summed E-state index contributed by atoms with van der Waals surface area (Å²) in [5.74, 6) is 0. The maximum atomic E-state index is 5.50. The summed E-state index contributed by atoms with van der Waals surface area (Å²) in [6.07, 6.45) is 3.13. The highest BCUT2D eigenvalue weighted by atomic mass is 35.5. The third kappa shape index (κ3) is 7.43. The van der Waals surface area contributed by atoms with E-state index in [0.29, 0.717) is 5.03 Å². The maximum Gasteiger partial charge on any atom is 0.105 e. The Balaban J connectivity index is 4.06. The molecule has 0 aromatic carbocycles. The van der Waals surface area contributed by atoms with Crippen LogP contribution in [0.15, 0.2) is 28.4 Å². The minimum Gasteiger partial charge on any atom is -0.278 e. The number of rotatable bonds is 3. The Hall–Kier alpha value is -0.470. The summed E-state index contributed by atoms with van der Waals surface area (Å²) in [6, 6.07) is 0. The van der Waals surface area contributed by atoms with E-state index in [0.717, 1.165) is 5.70 Å². The van der Waals surface area contributed by atoms with Crippen molar-refractivity contribution in [2.45, 2.75) is 6.92 Å². The first kappa shape index (κ1) is 10.5. The molecule has 0 bridgehead atoms. The largest absolute Gasteiger partial charge is 0.278 e. The molecular weight excluding hydrogens is 183 g/mol. The van der Waals surface area contributed by atoms with Crippen LogP contribution in [0.5, 0.6) is 0 Å². The normalized spacial score (nSPS) is 12.2. The van der Waals surface area contributed by atoms with E-state index in [-0.39, 0.29) is 0 Å². The zero-order chi connectivity index (χ0) is 8.85. The van der Waals surface area contributed by atoms with Gasteiger partial charge in [0, 0.05) is 29.6 Å². The quantitative estimate of drug-likeness (QED) is 0.291. The Morgan fingerprint density at radius 3 is 2.55 bits per heavy atom. The lowest BCUT2D eigenvalue weighted by Gasteiger charge is -1.97. The van der Waals surface area contributed by atoms with Crippen molar-refractivity contribution in [1.82, 2.24) is 4.42 Å². The molecule has 0 fully saturated rings. The minimum absolute atomic E-state index is 0.455. The first-order valence-corrected chi connectivity index (χ1v) is 3.69. The highest BCUT2D eigenvalue weighted by molar-refractivity contribution is 6.30. The van der Waals surface area contributed by atoms with Crippen molar-refractivity contribution in [3.63, 3.8) is 0 Å². The number of halogens is 2. The third-order valence-corrected chi connectivity index (χ3v) is 0.982. The molecule has 0 aromatic rings. The van der Waals surface area contributed by atoms with Crippen LogP contribution in [0.4, 0.5) is 0 Å². The smallest absolute Gasteiger partial charge is 0.105 e. The van der Waals surface area contributed by atoms with Crippen LogP contribution in [0.25, 0.3) is 0 Å². The van der Waals surface area contributed by atoms with Gasteiger partial charge >= 0.3 is 0 Å². The number of hydrogen-bond donors (Lipinski definition) is 0. The zero-order valence-electron chi connectivity index (χ0n) is 6.51. The summed E-state index contributed by atoms with van der Waals surface area (Å²) in [7, 11) is 1.67. The van der Waals surface area contributed by atoms with E-state index in [9.17, 15) is 0 Å². The Morgan fingerprint density at radius 2 is 2.18 bits per heavy atom. The Kier molecular flexibility index (Phi) is 4.99. The molecule has 11 heavy (non-hydrogen) atoms. The van der Waals surface area contributed by atoms with Crippen LogP contribution in [-0.2, 0) is 0 Å². The van der Waals surface area contributed by atoms with Crippen molar-refractivity contribution >= 4 is 29.7 Å². The summed E-state index contributed by atoms with van der Waals surface area (Å²) < 4.78 is 1.33. The van der Waals surface area contributed by atoms with Crippen LogP contribution in [0.1, 0.15) is 6.92 Å². The molecule has 0 atom stereocenters. The van der Waals surface area contributed by atoms with Gasteiger partial charge in [0.2, 0.25) is 0 Å². The molecular formula is C7H10Cl2N2. The van der Waals surface area contributed by atoms with E-state index in [1.54, 1.807) is 13.1 Å². The van der Waals surface area contributed by atoms with Crippen LogP contribution in [-0.4, -0.2) is 17.8 Å². The van der Waals surface area contributed by atoms with Gasteiger partial charge in [-0.15, -0.1) is 0 Å². The fourth-order valence-electron chi connectivity index (χ4n) is 0.435. The summed E-state index contributed by atoms with van der Waals surface area (Å²) in [4.78, 5) is 3.95. The van der Waals surface area contributed by atoms with Gasteiger partial charge < -0.3 is 0 Å². The lowest BCUT2D eigenvalue weighted by atomic mass is 10.4. The van der Waals surface area contributed by atoms with Gasteiger partial charge in [0.15, 0.2) is 0 Å². The van der Waals surface area contributed by atoms with Gasteiger partial charge in [-0.3, -0.25) is 4.42 Å². The molecule has 0 aromatic heterocycles. The van der Waals surface area contributed by atoms with Crippen molar-refractivity contribution in [2.24, 2.45) is 4.99 Å². The molecule has 0 radical (unpaired) electrons. The SMILES string of the molecule is C=C(Cl)/C=C(\C)N=CN(C)Cl. The van der Waals surface area contributed by atoms with Gasteiger partial charge in [0.1, 0.15) is 6.34 Å². The molecule has 0 N–H and O–H groups in total. The van der Waals surface area contributed by atoms with E-state index in [2.05, 4.69) is 11.6 Å². The molecule has 0 saturated heterocycles. The van der Waals surface area contributed by atoms with E-state index in [1.165, 1.54) is 10.8 Å². The van der Waals surface area contributed by atoms with Crippen molar-refractivity contribution < 1.29 is 0 Å². The Bertz CT molecular complexity index is 195. The van der Waals surface area contributed by atoms with Crippen LogP contribution >= 0.6 is 23.4 Å². The van der Waals surface area contributed by atoms with Crippen LogP contribution < -0.4 is 0 Å². The van der Waals surface area contributed by atoms with Gasteiger partial charge in [-0.25, -0.2) is 4.99 Å². The first-order valence-electron chi connectivity index (χ1n) is 2.98. The first-order chi connectivity index (χ1) is 5.02. The monoisotopic (exact) mass is 192 g/mol. The summed E-state index contributed by atoms with van der Waals surface area (Å²) in [5, 5.41) is 0.455. The number of allylic oxidation sites excluding steroid dienone is 3. The molecule has 0 unspecified atom stereocenters. The molecule has 0 spiro atoms. The summed E-state index contributed by atoms with van der Waals surface area (Å²) in [5.41, 5.74) is 0.762. The van der Waals surface area contributed by atoms with Gasteiger partial charge in [0.05, 0.1) is 0 Å². The van der Waals surface area contributed by atoms with E-state index < -0.39 is 0 Å². The fraction of sp³-hybridized carbons (Fsp3) is 0.286. The highest BCUT2D eigenvalue weighted by Gasteiger charge is 1.85. The fourth-order valence-corrected chi connectivity index (χ4v) is 0.636. The Labute approximate surface area is 76.9 Å². The van der Waals surface area contributed by atoms with Crippen molar-refractivity contribution in [1.29, 1.82) is 0 Å².